The molecule has 1 aromatic carbocycles. The van der Waals surface area contributed by atoms with Crippen molar-refractivity contribution in [2.24, 2.45) is 0 Å². The highest BCUT2D eigenvalue weighted by Crippen LogP contribution is 2.31. The van der Waals surface area contributed by atoms with E-state index >= 15 is 0 Å². The molecule has 0 atom stereocenters. The topological polar surface area (TPSA) is 62.2 Å². The molecule has 122 valence electrons. The van der Waals surface area contributed by atoms with Gasteiger partial charge < -0.3 is 10.3 Å². The third-order valence-corrected chi connectivity index (χ3v) is 4.84. The van der Waals surface area contributed by atoms with Gasteiger partial charge in [0.2, 0.25) is 0 Å². The van der Waals surface area contributed by atoms with Gasteiger partial charge in [-0.15, -0.1) is 12.4 Å². The molecule has 5 nitrogen and oxygen atoms in total. The van der Waals surface area contributed by atoms with Crippen LogP contribution in [0, 0.1) is 5.82 Å². The Bertz CT molecular complexity index is 933. The number of H-pyrrole nitrogens is 1. The first kappa shape index (κ1) is 16.4. The molecule has 8 heteroatoms. The number of aromatic nitrogens is 3. The summed E-state index contributed by atoms with van der Waals surface area (Å²) < 4.78 is 16.0. The van der Waals surface area contributed by atoms with Crippen LogP contribution in [0.3, 0.4) is 0 Å². The molecule has 0 unspecified atom stereocenters. The van der Waals surface area contributed by atoms with E-state index in [4.69, 9.17) is 0 Å². The Kier molecular flexibility index (Phi) is 4.44. The average molecular weight is 402 g/mol. The number of nitrogens with one attached hydrogen (secondary N) is 2. The minimum atomic E-state index is -0.353. The lowest BCUT2D eigenvalue weighted by Crippen LogP contribution is -2.28. The van der Waals surface area contributed by atoms with Crippen molar-refractivity contribution in [2.75, 3.05) is 13.1 Å². The summed E-state index contributed by atoms with van der Waals surface area (Å²) in [5, 5.41) is 8.56. The molecule has 1 aliphatic rings. The second kappa shape index (κ2) is 6.22. The lowest BCUT2D eigenvalue weighted by Gasteiger charge is -2.23. The minimum absolute atomic E-state index is 0. The van der Waals surface area contributed by atoms with Crippen molar-refractivity contribution >= 4 is 44.9 Å². The summed E-state index contributed by atoms with van der Waals surface area (Å²) in [6.07, 6.45) is 1.93. The fraction of sp³-hybridized carbons (Fsp3) is 0.333. The Hall–Kier alpha value is -1.44. The van der Waals surface area contributed by atoms with Crippen molar-refractivity contribution in [3.63, 3.8) is 0 Å². The first-order valence-corrected chi connectivity index (χ1v) is 8.04. The molecule has 1 saturated heterocycles. The number of hydrogen-bond donors (Lipinski definition) is 2. The van der Waals surface area contributed by atoms with E-state index in [0.29, 0.717) is 15.6 Å². The van der Waals surface area contributed by atoms with Crippen LogP contribution >= 0.6 is 28.3 Å². The van der Waals surface area contributed by atoms with Crippen LogP contribution in [0.5, 0.6) is 0 Å². The molecule has 23 heavy (non-hydrogen) atoms. The first-order chi connectivity index (χ1) is 10.6. The van der Waals surface area contributed by atoms with Crippen LogP contribution in [0.2, 0.25) is 0 Å². The summed E-state index contributed by atoms with van der Waals surface area (Å²) in [6.45, 7) is 1.86. The molecule has 1 fully saturated rings. The summed E-state index contributed by atoms with van der Waals surface area (Å²) in [7, 11) is 0. The number of benzene rings is 1. The van der Waals surface area contributed by atoms with Gasteiger partial charge in [-0.25, -0.2) is 8.91 Å². The zero-order valence-corrected chi connectivity index (χ0v) is 14.5. The number of rotatable bonds is 1. The van der Waals surface area contributed by atoms with E-state index in [1.54, 1.807) is 10.6 Å². The maximum absolute atomic E-state index is 13.6. The molecule has 0 radical (unpaired) electrons. The van der Waals surface area contributed by atoms with E-state index in [1.807, 2.05) is 0 Å². The molecule has 0 aliphatic carbocycles. The number of fused-ring (bicyclic) bond motifs is 3. The van der Waals surface area contributed by atoms with Gasteiger partial charge in [-0.05, 0) is 47.9 Å². The lowest BCUT2D eigenvalue weighted by atomic mass is 9.94. The van der Waals surface area contributed by atoms with E-state index in [1.165, 1.54) is 12.1 Å². The summed E-state index contributed by atoms with van der Waals surface area (Å²) in [5.41, 5.74) is 1.88. The monoisotopic (exact) mass is 400 g/mol. The van der Waals surface area contributed by atoms with Gasteiger partial charge >= 0.3 is 0 Å². The largest absolute Gasteiger partial charge is 0.317 e. The van der Waals surface area contributed by atoms with Gasteiger partial charge in [-0.3, -0.25) is 4.79 Å². The number of halogens is 3. The molecule has 4 rings (SSSR count). The molecule has 2 N–H and O–H groups in total. The molecule has 1 aliphatic heterocycles. The molecular formula is C15H15BrClFN4O. The van der Waals surface area contributed by atoms with Gasteiger partial charge in [0.25, 0.3) is 5.56 Å². The van der Waals surface area contributed by atoms with Crippen LogP contribution < -0.4 is 10.9 Å². The lowest BCUT2D eigenvalue weighted by molar-refractivity contribution is 0.446. The summed E-state index contributed by atoms with van der Waals surface area (Å²) in [5.74, 6) is -0.0717. The maximum Gasteiger partial charge on any atom is 0.251 e. The quantitative estimate of drug-likeness (QED) is 0.659. The molecule has 0 bridgehead atoms. The minimum Gasteiger partial charge on any atom is -0.317 e. The normalized spacial score (nSPS) is 15.9. The van der Waals surface area contributed by atoms with E-state index < -0.39 is 0 Å². The van der Waals surface area contributed by atoms with Crippen LogP contribution in [0.1, 0.15) is 24.5 Å². The van der Waals surface area contributed by atoms with E-state index in [9.17, 15) is 9.18 Å². The van der Waals surface area contributed by atoms with Crippen molar-refractivity contribution in [1.29, 1.82) is 0 Å². The van der Waals surface area contributed by atoms with Gasteiger partial charge in [0.05, 0.1) is 16.6 Å². The molecule has 0 spiro atoms. The van der Waals surface area contributed by atoms with Gasteiger partial charge in [0, 0.05) is 22.5 Å². The van der Waals surface area contributed by atoms with E-state index in [-0.39, 0.29) is 29.7 Å². The predicted molar refractivity (Wildman–Crippen MR) is 93.1 cm³/mol. The zero-order chi connectivity index (χ0) is 15.3. The standard InChI is InChI=1S/C15H14BrFN4O.ClH/c16-10-5-9(17)6-11-14(10)15-19-13(22)7-12(21(15)20-11)8-1-3-18-4-2-8;/h5-8,18H,1-4H2,(H,19,22);1H. The fourth-order valence-electron chi connectivity index (χ4n) is 3.20. The van der Waals surface area contributed by atoms with Crippen LogP contribution in [0.15, 0.2) is 27.5 Å². The highest BCUT2D eigenvalue weighted by molar-refractivity contribution is 9.10. The third kappa shape index (κ3) is 2.77. The second-order valence-corrected chi connectivity index (χ2v) is 6.48. The van der Waals surface area contributed by atoms with Crippen molar-refractivity contribution < 1.29 is 4.39 Å². The van der Waals surface area contributed by atoms with Crippen molar-refractivity contribution in [3.05, 3.63) is 44.5 Å². The van der Waals surface area contributed by atoms with Crippen molar-refractivity contribution in [3.8, 4) is 0 Å². The first-order valence-electron chi connectivity index (χ1n) is 7.25. The Balaban J connectivity index is 0.00000156. The highest BCUT2D eigenvalue weighted by atomic mass is 79.9. The molecule has 0 saturated carbocycles. The molecule has 2 aromatic heterocycles. The van der Waals surface area contributed by atoms with Gasteiger partial charge in [0.15, 0.2) is 0 Å². The molecular weight excluding hydrogens is 387 g/mol. The summed E-state index contributed by atoms with van der Waals surface area (Å²) >= 11 is 3.37. The number of piperidine rings is 1. The Morgan fingerprint density at radius 3 is 2.74 bits per heavy atom. The highest BCUT2D eigenvalue weighted by Gasteiger charge is 2.21. The Morgan fingerprint density at radius 2 is 2.00 bits per heavy atom. The molecule has 3 aromatic rings. The number of hydrogen-bond acceptors (Lipinski definition) is 3. The van der Waals surface area contributed by atoms with Gasteiger partial charge in [-0.2, -0.15) is 5.10 Å². The van der Waals surface area contributed by atoms with Crippen LogP contribution in [-0.4, -0.2) is 27.7 Å². The molecule has 0 amide bonds. The van der Waals surface area contributed by atoms with Crippen molar-refractivity contribution in [1.82, 2.24) is 19.9 Å². The van der Waals surface area contributed by atoms with Gasteiger partial charge in [-0.1, -0.05) is 0 Å². The number of nitrogens with zero attached hydrogens (tertiary/aromatic N) is 2. The average Bonchev–Trinajstić information content (AvgIpc) is 2.85. The summed E-state index contributed by atoms with van der Waals surface area (Å²) in [6, 6.07) is 4.39. The number of aromatic amines is 1. The Labute approximate surface area is 145 Å². The predicted octanol–water partition coefficient (Wildman–Crippen LogP) is 2.97. The van der Waals surface area contributed by atoms with Crippen LogP contribution in [-0.2, 0) is 0 Å². The van der Waals surface area contributed by atoms with Crippen molar-refractivity contribution in [2.45, 2.75) is 18.8 Å². The Morgan fingerprint density at radius 1 is 1.26 bits per heavy atom. The smallest absolute Gasteiger partial charge is 0.251 e. The molecule has 3 heterocycles. The fourth-order valence-corrected chi connectivity index (χ4v) is 3.81. The maximum atomic E-state index is 13.6. The van der Waals surface area contributed by atoms with Gasteiger partial charge in [0.1, 0.15) is 11.5 Å². The van der Waals surface area contributed by atoms with E-state index in [0.717, 1.165) is 37.0 Å². The van der Waals surface area contributed by atoms with E-state index in [2.05, 4.69) is 31.3 Å². The van der Waals surface area contributed by atoms with Crippen LogP contribution in [0.25, 0.3) is 16.6 Å². The second-order valence-electron chi connectivity index (χ2n) is 5.62. The zero-order valence-electron chi connectivity index (χ0n) is 12.1. The van der Waals surface area contributed by atoms with Crippen LogP contribution in [0.4, 0.5) is 4.39 Å². The third-order valence-electron chi connectivity index (χ3n) is 4.21. The SMILES string of the molecule is Cl.O=c1cc(C2CCNCC2)n2nc3cc(F)cc(Br)c3c2[nH]1. The summed E-state index contributed by atoms with van der Waals surface area (Å²) in [4.78, 5) is 14.9.